The summed E-state index contributed by atoms with van der Waals surface area (Å²) in [6.45, 7) is 7.28. The van der Waals surface area contributed by atoms with Gasteiger partial charge in [-0.1, -0.05) is 19.9 Å². The normalized spacial score (nSPS) is 11.4. The summed E-state index contributed by atoms with van der Waals surface area (Å²) in [4.78, 5) is 12.5. The fourth-order valence-electron chi connectivity index (χ4n) is 2.75. The van der Waals surface area contributed by atoms with Crippen LogP contribution in [-0.2, 0) is 6.54 Å². The molecular formula is C18H19NOS. The molecular weight excluding hydrogens is 278 g/mol. The van der Waals surface area contributed by atoms with Crippen LogP contribution in [0.5, 0.6) is 0 Å². The van der Waals surface area contributed by atoms with Crippen molar-refractivity contribution in [2.24, 2.45) is 0 Å². The quantitative estimate of drug-likeness (QED) is 0.675. The average Bonchev–Trinajstić information content (AvgIpc) is 3.00. The maximum absolute atomic E-state index is 12.5. The minimum atomic E-state index is 0.110. The van der Waals surface area contributed by atoms with Crippen LogP contribution in [-0.4, -0.2) is 4.57 Å². The van der Waals surface area contributed by atoms with Crippen LogP contribution in [0, 0.1) is 0 Å². The fourth-order valence-corrected chi connectivity index (χ4v) is 3.39. The number of fused-ring (bicyclic) bond motifs is 1. The topological polar surface area (TPSA) is 22.0 Å². The molecule has 2 nitrogen and oxygen atoms in total. The molecule has 0 amide bonds. The minimum Gasteiger partial charge on any atom is -0.341 e. The molecule has 0 bridgehead atoms. The molecule has 3 aromatic rings. The summed E-state index contributed by atoms with van der Waals surface area (Å²) in [6.07, 6.45) is 0. The fraction of sp³-hybridized carbons (Fsp3) is 0.278. The highest BCUT2D eigenvalue weighted by Crippen LogP contribution is 2.26. The molecule has 0 N–H and O–H groups in total. The van der Waals surface area contributed by atoms with Crippen molar-refractivity contribution >= 4 is 22.2 Å². The molecule has 0 aliphatic rings. The molecule has 2 aromatic heterocycles. The van der Waals surface area contributed by atoms with Crippen LogP contribution in [0.3, 0.4) is 0 Å². The zero-order chi connectivity index (χ0) is 15.0. The van der Waals surface area contributed by atoms with Crippen molar-refractivity contribution < 1.29 is 0 Å². The number of nitrogens with zero attached hydrogens (tertiary/aromatic N) is 1. The van der Waals surface area contributed by atoms with Gasteiger partial charge in [-0.15, -0.1) is 0 Å². The molecule has 0 saturated heterocycles. The summed E-state index contributed by atoms with van der Waals surface area (Å²) in [6, 6.07) is 10.1. The molecule has 0 aliphatic heterocycles. The number of aromatic nitrogens is 1. The number of aryl methyl sites for hydroxylation is 1. The Balaban J connectivity index is 2.35. The highest BCUT2D eigenvalue weighted by Gasteiger charge is 2.11. The van der Waals surface area contributed by atoms with Crippen LogP contribution < -0.4 is 5.43 Å². The Morgan fingerprint density at radius 1 is 1.19 bits per heavy atom. The first-order valence-corrected chi connectivity index (χ1v) is 8.26. The first-order chi connectivity index (χ1) is 10.1. The zero-order valence-electron chi connectivity index (χ0n) is 12.6. The van der Waals surface area contributed by atoms with E-state index in [0.29, 0.717) is 5.92 Å². The van der Waals surface area contributed by atoms with Gasteiger partial charge in [0.15, 0.2) is 5.43 Å². The van der Waals surface area contributed by atoms with Gasteiger partial charge in [0.2, 0.25) is 0 Å². The number of thiophene rings is 1. The van der Waals surface area contributed by atoms with Crippen LogP contribution in [0.1, 0.15) is 32.3 Å². The van der Waals surface area contributed by atoms with E-state index in [9.17, 15) is 4.79 Å². The summed E-state index contributed by atoms with van der Waals surface area (Å²) in [7, 11) is 0. The lowest BCUT2D eigenvalue weighted by Gasteiger charge is -2.16. The summed E-state index contributed by atoms with van der Waals surface area (Å²) in [5.74, 6) is 0.431. The molecule has 0 aliphatic carbocycles. The Kier molecular flexibility index (Phi) is 3.68. The van der Waals surface area contributed by atoms with Crippen molar-refractivity contribution in [1.29, 1.82) is 0 Å². The minimum absolute atomic E-state index is 0.110. The third-order valence-electron chi connectivity index (χ3n) is 3.94. The number of pyridine rings is 1. The summed E-state index contributed by atoms with van der Waals surface area (Å²) in [5.41, 5.74) is 4.47. The smallest absolute Gasteiger partial charge is 0.190 e. The van der Waals surface area contributed by atoms with Crippen molar-refractivity contribution in [3.05, 3.63) is 56.9 Å². The monoisotopic (exact) mass is 297 g/mol. The van der Waals surface area contributed by atoms with Crippen molar-refractivity contribution in [3.63, 3.8) is 0 Å². The molecule has 2 heterocycles. The molecule has 1 aromatic carbocycles. The van der Waals surface area contributed by atoms with Crippen LogP contribution in [0.4, 0.5) is 0 Å². The first kappa shape index (κ1) is 14.1. The van der Waals surface area contributed by atoms with E-state index < -0.39 is 0 Å². The van der Waals surface area contributed by atoms with Crippen molar-refractivity contribution in [1.82, 2.24) is 4.57 Å². The van der Waals surface area contributed by atoms with Gasteiger partial charge in [-0.25, -0.2) is 0 Å². The van der Waals surface area contributed by atoms with Gasteiger partial charge in [-0.2, -0.15) is 11.3 Å². The van der Waals surface area contributed by atoms with Gasteiger partial charge in [0.1, 0.15) is 0 Å². The van der Waals surface area contributed by atoms with E-state index in [1.54, 1.807) is 17.4 Å². The first-order valence-electron chi connectivity index (χ1n) is 7.32. The Hall–Kier alpha value is -1.87. The number of hydrogen-bond donors (Lipinski definition) is 0. The number of benzene rings is 1. The molecule has 3 rings (SSSR count). The third-order valence-corrected chi connectivity index (χ3v) is 4.62. The van der Waals surface area contributed by atoms with Crippen molar-refractivity contribution in [3.8, 4) is 11.3 Å². The van der Waals surface area contributed by atoms with E-state index in [2.05, 4.69) is 48.9 Å². The maximum Gasteiger partial charge on any atom is 0.190 e. The van der Waals surface area contributed by atoms with Crippen molar-refractivity contribution in [2.75, 3.05) is 0 Å². The van der Waals surface area contributed by atoms with Crippen LogP contribution in [0.2, 0.25) is 0 Å². The Bertz CT molecular complexity index is 828. The Morgan fingerprint density at radius 2 is 2.00 bits per heavy atom. The molecule has 0 spiro atoms. The van der Waals surface area contributed by atoms with Crippen LogP contribution in [0.25, 0.3) is 22.2 Å². The summed E-state index contributed by atoms with van der Waals surface area (Å²) >= 11 is 1.66. The van der Waals surface area contributed by atoms with Crippen molar-refractivity contribution in [2.45, 2.75) is 33.2 Å². The van der Waals surface area contributed by atoms with E-state index in [-0.39, 0.29) is 5.43 Å². The van der Waals surface area contributed by atoms with E-state index in [1.807, 2.05) is 11.4 Å². The van der Waals surface area contributed by atoms with Gasteiger partial charge in [0.25, 0.3) is 0 Å². The van der Waals surface area contributed by atoms with Crippen LogP contribution in [0.15, 0.2) is 45.9 Å². The Morgan fingerprint density at radius 3 is 2.62 bits per heavy atom. The van der Waals surface area contributed by atoms with Crippen LogP contribution >= 0.6 is 11.3 Å². The average molecular weight is 297 g/mol. The lowest BCUT2D eigenvalue weighted by atomic mass is 10.00. The van der Waals surface area contributed by atoms with Gasteiger partial charge in [-0.05, 0) is 42.0 Å². The third kappa shape index (κ3) is 2.42. The Labute approximate surface area is 128 Å². The molecule has 0 radical (unpaired) electrons. The second-order valence-electron chi connectivity index (χ2n) is 5.58. The maximum atomic E-state index is 12.5. The highest BCUT2D eigenvalue weighted by atomic mass is 32.1. The molecule has 0 saturated carbocycles. The lowest BCUT2D eigenvalue weighted by Crippen LogP contribution is -2.11. The largest absolute Gasteiger partial charge is 0.341 e. The summed E-state index contributed by atoms with van der Waals surface area (Å²) < 4.78 is 2.23. The SMILES string of the molecule is CCn1c(-c2ccsc2)cc(=O)c2cc(C(C)C)ccc21. The van der Waals surface area contributed by atoms with Gasteiger partial charge >= 0.3 is 0 Å². The van der Waals surface area contributed by atoms with Gasteiger partial charge < -0.3 is 4.57 Å². The molecule has 0 unspecified atom stereocenters. The molecule has 3 heteroatoms. The van der Waals surface area contributed by atoms with Gasteiger partial charge in [0, 0.05) is 28.9 Å². The molecule has 0 fully saturated rings. The number of rotatable bonds is 3. The summed E-state index contributed by atoms with van der Waals surface area (Å²) in [5, 5.41) is 4.96. The second kappa shape index (κ2) is 5.49. The van der Waals surface area contributed by atoms with E-state index in [1.165, 1.54) is 5.56 Å². The molecule has 21 heavy (non-hydrogen) atoms. The highest BCUT2D eigenvalue weighted by molar-refractivity contribution is 7.08. The molecule has 0 atom stereocenters. The molecule has 108 valence electrons. The zero-order valence-corrected chi connectivity index (χ0v) is 13.4. The number of hydrogen-bond acceptors (Lipinski definition) is 2. The lowest BCUT2D eigenvalue weighted by molar-refractivity contribution is 0.795. The second-order valence-corrected chi connectivity index (χ2v) is 6.36. The van der Waals surface area contributed by atoms with Gasteiger partial charge in [-0.3, -0.25) is 4.79 Å². The van der Waals surface area contributed by atoms with E-state index in [4.69, 9.17) is 0 Å². The van der Waals surface area contributed by atoms with E-state index in [0.717, 1.165) is 28.7 Å². The predicted molar refractivity (Wildman–Crippen MR) is 91.3 cm³/mol. The van der Waals surface area contributed by atoms with E-state index >= 15 is 0 Å². The van der Waals surface area contributed by atoms with Gasteiger partial charge in [0.05, 0.1) is 11.2 Å². The predicted octanol–water partition coefficient (Wildman–Crippen LogP) is 4.87. The standard InChI is InChI=1S/C18H19NOS/c1-4-19-16-6-5-13(12(2)3)9-15(16)18(20)10-17(19)14-7-8-21-11-14/h5-12H,4H2,1-3H3.